The molecule has 2 aromatic rings. The highest BCUT2D eigenvalue weighted by molar-refractivity contribution is 5.57. The molecule has 0 spiro atoms. The van der Waals surface area contributed by atoms with Crippen LogP contribution in [-0.4, -0.2) is 23.8 Å². The van der Waals surface area contributed by atoms with Gasteiger partial charge in [-0.3, -0.25) is 0 Å². The Bertz CT molecular complexity index is 636. The molecule has 1 saturated carbocycles. The summed E-state index contributed by atoms with van der Waals surface area (Å²) in [6, 6.07) is 8.41. The molecule has 1 aliphatic heterocycles. The van der Waals surface area contributed by atoms with Crippen LogP contribution in [0, 0.1) is 5.92 Å². The van der Waals surface area contributed by atoms with Crippen molar-refractivity contribution < 1.29 is 9.26 Å². The van der Waals surface area contributed by atoms with Crippen LogP contribution in [0.15, 0.2) is 28.8 Å². The molecule has 21 heavy (non-hydrogen) atoms. The van der Waals surface area contributed by atoms with Crippen LogP contribution in [0.1, 0.15) is 42.1 Å². The molecule has 2 aliphatic rings. The fraction of sp³-hybridized carbons (Fsp3) is 0.500. The summed E-state index contributed by atoms with van der Waals surface area (Å²) >= 11 is 0. The van der Waals surface area contributed by atoms with Crippen LogP contribution in [0.3, 0.4) is 0 Å². The first-order chi connectivity index (χ1) is 10.3. The zero-order chi connectivity index (χ0) is 14.2. The van der Waals surface area contributed by atoms with Gasteiger partial charge in [0, 0.05) is 31.7 Å². The molecule has 2 atom stereocenters. The Hall–Kier alpha value is -1.88. The molecule has 5 heteroatoms. The van der Waals surface area contributed by atoms with Crippen molar-refractivity contribution in [1.29, 1.82) is 0 Å². The van der Waals surface area contributed by atoms with Gasteiger partial charge in [0.2, 0.25) is 11.7 Å². The second kappa shape index (κ2) is 5.15. The van der Waals surface area contributed by atoms with E-state index in [0.717, 1.165) is 13.0 Å². The maximum absolute atomic E-state index is 5.50. The summed E-state index contributed by atoms with van der Waals surface area (Å²) < 4.78 is 10.9. The summed E-state index contributed by atoms with van der Waals surface area (Å²) in [6.07, 6.45) is 3.17. The number of methoxy groups -OCH3 is 1. The first-order valence-corrected chi connectivity index (χ1v) is 7.53. The van der Waals surface area contributed by atoms with Crippen LogP contribution in [0.2, 0.25) is 0 Å². The van der Waals surface area contributed by atoms with Gasteiger partial charge >= 0.3 is 0 Å². The highest BCUT2D eigenvalue weighted by Crippen LogP contribution is 2.42. The maximum Gasteiger partial charge on any atom is 0.227 e. The number of benzene rings is 1. The Morgan fingerprint density at radius 2 is 2.24 bits per heavy atom. The van der Waals surface area contributed by atoms with Crippen molar-refractivity contribution in [3.63, 3.8) is 0 Å². The third-order valence-electron chi connectivity index (χ3n) is 4.40. The third kappa shape index (κ3) is 2.42. The number of rotatable bonds is 5. The summed E-state index contributed by atoms with van der Waals surface area (Å²) in [7, 11) is 1.72. The van der Waals surface area contributed by atoms with Crippen LogP contribution in [0.4, 0.5) is 5.69 Å². The van der Waals surface area contributed by atoms with Gasteiger partial charge in [-0.05, 0) is 30.4 Å². The minimum Gasteiger partial charge on any atom is -0.384 e. The molecule has 2 heterocycles. The van der Waals surface area contributed by atoms with E-state index in [1.54, 1.807) is 7.11 Å². The Labute approximate surface area is 123 Å². The topological polar surface area (TPSA) is 60.2 Å². The molecule has 1 aliphatic carbocycles. The van der Waals surface area contributed by atoms with Gasteiger partial charge in [0.25, 0.3) is 0 Å². The number of para-hydroxylation sites is 1. The zero-order valence-electron chi connectivity index (χ0n) is 12.1. The van der Waals surface area contributed by atoms with Crippen LogP contribution in [-0.2, 0) is 11.2 Å². The molecule has 5 nitrogen and oxygen atoms in total. The van der Waals surface area contributed by atoms with E-state index in [4.69, 9.17) is 9.26 Å². The Morgan fingerprint density at radius 1 is 1.38 bits per heavy atom. The molecular formula is C16H19N3O2. The van der Waals surface area contributed by atoms with E-state index in [0.29, 0.717) is 23.6 Å². The lowest BCUT2D eigenvalue weighted by atomic mass is 9.98. The second-order valence-corrected chi connectivity index (χ2v) is 5.91. The summed E-state index contributed by atoms with van der Waals surface area (Å²) in [5.74, 6) is 2.37. The molecule has 1 aromatic heterocycles. The summed E-state index contributed by atoms with van der Waals surface area (Å²) in [5.41, 5.74) is 2.55. The van der Waals surface area contributed by atoms with Gasteiger partial charge in [-0.1, -0.05) is 23.4 Å². The molecule has 0 bridgehead atoms. The molecule has 2 unspecified atom stereocenters. The molecular weight excluding hydrogens is 266 g/mol. The number of aromatic nitrogens is 2. The first-order valence-electron chi connectivity index (χ1n) is 7.53. The number of nitrogens with one attached hydrogen (secondary N) is 1. The van der Waals surface area contributed by atoms with E-state index in [9.17, 15) is 0 Å². The first kappa shape index (κ1) is 12.8. The Morgan fingerprint density at radius 3 is 3.05 bits per heavy atom. The minimum absolute atomic E-state index is 0.00325. The van der Waals surface area contributed by atoms with E-state index < -0.39 is 0 Å². The van der Waals surface area contributed by atoms with Gasteiger partial charge in [0.1, 0.15) is 6.10 Å². The second-order valence-electron chi connectivity index (χ2n) is 5.91. The molecule has 1 N–H and O–H groups in total. The molecule has 0 saturated heterocycles. The smallest absolute Gasteiger partial charge is 0.227 e. The minimum atomic E-state index is -0.00325. The van der Waals surface area contributed by atoms with Crippen molar-refractivity contribution in [2.75, 3.05) is 19.0 Å². The number of ether oxygens (including phenoxy) is 1. The predicted molar refractivity (Wildman–Crippen MR) is 78.1 cm³/mol. The van der Waals surface area contributed by atoms with Gasteiger partial charge in [-0.15, -0.1) is 0 Å². The lowest BCUT2D eigenvalue weighted by Crippen LogP contribution is -2.07. The predicted octanol–water partition coefficient (Wildman–Crippen LogP) is 2.92. The SMILES string of the molecule is COC(c1noc(CC2CNc3ccccc32)n1)C1CC1. The summed E-state index contributed by atoms with van der Waals surface area (Å²) in [4.78, 5) is 4.55. The van der Waals surface area contributed by atoms with Gasteiger partial charge in [-0.2, -0.15) is 4.98 Å². The van der Waals surface area contributed by atoms with Crippen LogP contribution in [0.25, 0.3) is 0 Å². The summed E-state index contributed by atoms with van der Waals surface area (Å²) in [6.45, 7) is 0.924. The summed E-state index contributed by atoms with van der Waals surface area (Å²) in [5, 5.41) is 7.54. The van der Waals surface area contributed by atoms with Crippen molar-refractivity contribution in [1.82, 2.24) is 10.1 Å². The molecule has 110 valence electrons. The van der Waals surface area contributed by atoms with Crippen molar-refractivity contribution in [2.24, 2.45) is 5.92 Å². The van der Waals surface area contributed by atoms with Gasteiger partial charge in [0.05, 0.1) is 0 Å². The lowest BCUT2D eigenvalue weighted by molar-refractivity contribution is 0.0751. The number of nitrogens with zero attached hydrogens (tertiary/aromatic N) is 2. The van der Waals surface area contributed by atoms with E-state index in [1.807, 2.05) is 0 Å². The van der Waals surface area contributed by atoms with Crippen LogP contribution < -0.4 is 5.32 Å². The number of hydrogen-bond acceptors (Lipinski definition) is 5. The molecule has 0 radical (unpaired) electrons. The number of hydrogen-bond donors (Lipinski definition) is 1. The molecule has 1 aromatic carbocycles. The fourth-order valence-corrected chi connectivity index (χ4v) is 3.12. The van der Waals surface area contributed by atoms with Crippen molar-refractivity contribution in [2.45, 2.75) is 31.3 Å². The number of anilines is 1. The lowest BCUT2D eigenvalue weighted by Gasteiger charge is -2.08. The standard InChI is InChI=1S/C16H19N3O2/c1-20-15(10-6-7-10)16-18-14(21-19-16)8-11-9-17-13-5-3-2-4-12(11)13/h2-5,10-11,15,17H,6-9H2,1H3. The van der Waals surface area contributed by atoms with Crippen LogP contribution >= 0.6 is 0 Å². The zero-order valence-corrected chi connectivity index (χ0v) is 12.1. The largest absolute Gasteiger partial charge is 0.384 e. The van der Waals surface area contributed by atoms with E-state index in [-0.39, 0.29) is 6.10 Å². The monoisotopic (exact) mass is 285 g/mol. The highest BCUT2D eigenvalue weighted by atomic mass is 16.5. The number of fused-ring (bicyclic) bond motifs is 1. The van der Waals surface area contributed by atoms with Crippen molar-refractivity contribution in [3.05, 3.63) is 41.5 Å². The average Bonchev–Trinajstić information content (AvgIpc) is 3.10. The fourth-order valence-electron chi connectivity index (χ4n) is 3.12. The Balaban J connectivity index is 1.50. The van der Waals surface area contributed by atoms with E-state index in [2.05, 4.69) is 39.7 Å². The van der Waals surface area contributed by atoms with Gasteiger partial charge in [-0.25, -0.2) is 0 Å². The van der Waals surface area contributed by atoms with E-state index >= 15 is 0 Å². The highest BCUT2D eigenvalue weighted by Gasteiger charge is 2.36. The quantitative estimate of drug-likeness (QED) is 0.915. The van der Waals surface area contributed by atoms with Crippen molar-refractivity contribution in [3.8, 4) is 0 Å². The maximum atomic E-state index is 5.50. The van der Waals surface area contributed by atoms with Crippen LogP contribution in [0.5, 0.6) is 0 Å². The molecule has 1 fully saturated rings. The van der Waals surface area contributed by atoms with Crippen molar-refractivity contribution >= 4 is 5.69 Å². The van der Waals surface area contributed by atoms with Gasteiger partial charge in [0.15, 0.2) is 0 Å². The van der Waals surface area contributed by atoms with Gasteiger partial charge < -0.3 is 14.6 Å². The van der Waals surface area contributed by atoms with E-state index in [1.165, 1.54) is 24.1 Å². The third-order valence-corrected chi connectivity index (χ3v) is 4.40. The average molecular weight is 285 g/mol. The molecule has 0 amide bonds. The molecule has 4 rings (SSSR count). The Kier molecular flexibility index (Phi) is 3.15. The normalized spacial score (nSPS) is 21.9.